The Bertz CT molecular complexity index is 347. The number of carbonyl (C=O) groups excluding carboxylic acids is 1. The van der Waals surface area contributed by atoms with Crippen molar-refractivity contribution in [2.75, 3.05) is 6.61 Å². The maximum atomic E-state index is 11.4. The van der Waals surface area contributed by atoms with E-state index in [0.29, 0.717) is 12.4 Å². The largest absolute Gasteiger partial charge is 0.513 e. The van der Waals surface area contributed by atoms with E-state index in [1.807, 2.05) is 25.1 Å². The molecule has 3 nitrogen and oxygen atoms in total. The summed E-state index contributed by atoms with van der Waals surface area (Å²) in [6, 6.07) is 7.60. The summed E-state index contributed by atoms with van der Waals surface area (Å²) in [6.07, 6.45) is 3.31. The average molecular weight is 236 g/mol. The Hall–Kier alpha value is -1.51. The molecule has 1 aromatic rings. The number of hydrogen-bond acceptors (Lipinski definition) is 3. The van der Waals surface area contributed by atoms with Crippen molar-refractivity contribution < 1.29 is 14.3 Å². The molecule has 0 unspecified atom stereocenters. The fourth-order valence-electron chi connectivity index (χ4n) is 1.48. The topological polar surface area (TPSA) is 35.5 Å². The lowest BCUT2D eigenvalue weighted by Gasteiger charge is -2.09. The molecule has 0 heterocycles. The van der Waals surface area contributed by atoms with Crippen molar-refractivity contribution in [3.63, 3.8) is 0 Å². The third-order valence-corrected chi connectivity index (χ3v) is 2.39. The van der Waals surface area contributed by atoms with Crippen molar-refractivity contribution in [2.24, 2.45) is 0 Å². The molecule has 0 fully saturated rings. The predicted molar refractivity (Wildman–Crippen MR) is 67.3 cm³/mol. The van der Waals surface area contributed by atoms with Gasteiger partial charge in [0.15, 0.2) is 0 Å². The molecule has 0 saturated heterocycles. The number of para-hydroxylation sites is 1. The highest BCUT2D eigenvalue weighted by Gasteiger charge is 2.09. The molecule has 94 valence electrons. The van der Waals surface area contributed by atoms with Gasteiger partial charge in [0, 0.05) is 0 Å². The average Bonchev–Trinajstić information content (AvgIpc) is 2.35. The van der Waals surface area contributed by atoms with Gasteiger partial charge in [0.05, 0.1) is 6.61 Å². The zero-order chi connectivity index (χ0) is 12.5. The third kappa shape index (κ3) is 4.89. The van der Waals surface area contributed by atoms with Gasteiger partial charge in [0.2, 0.25) is 0 Å². The summed E-state index contributed by atoms with van der Waals surface area (Å²) in [4.78, 5) is 11.4. The molecule has 0 spiro atoms. The number of hydrogen-bond donors (Lipinski definition) is 0. The quantitative estimate of drug-likeness (QED) is 0.554. The van der Waals surface area contributed by atoms with Crippen LogP contribution in [-0.4, -0.2) is 12.8 Å². The summed E-state index contributed by atoms with van der Waals surface area (Å²) >= 11 is 0. The van der Waals surface area contributed by atoms with Crippen molar-refractivity contribution in [3.8, 4) is 5.75 Å². The molecule has 0 amide bonds. The first-order valence-electron chi connectivity index (χ1n) is 6.20. The Morgan fingerprint density at radius 1 is 1.18 bits per heavy atom. The fourth-order valence-corrected chi connectivity index (χ4v) is 1.48. The highest BCUT2D eigenvalue weighted by Crippen LogP contribution is 2.20. The van der Waals surface area contributed by atoms with Crippen LogP contribution in [0.5, 0.6) is 5.75 Å². The number of benzene rings is 1. The Kier molecular flexibility index (Phi) is 6.15. The van der Waals surface area contributed by atoms with Gasteiger partial charge in [0.25, 0.3) is 0 Å². The minimum absolute atomic E-state index is 0.399. The Morgan fingerprint density at radius 2 is 1.94 bits per heavy atom. The van der Waals surface area contributed by atoms with Crippen LogP contribution in [0.4, 0.5) is 4.79 Å². The maximum absolute atomic E-state index is 11.4. The van der Waals surface area contributed by atoms with Gasteiger partial charge in [-0.05, 0) is 30.9 Å². The summed E-state index contributed by atoms with van der Waals surface area (Å²) in [5.74, 6) is 0.613. The van der Waals surface area contributed by atoms with Gasteiger partial charge in [-0.1, -0.05) is 38.5 Å². The molecular weight excluding hydrogens is 216 g/mol. The number of rotatable bonds is 6. The molecule has 17 heavy (non-hydrogen) atoms. The molecule has 0 aliphatic heterocycles. The molecule has 0 aromatic heterocycles. The van der Waals surface area contributed by atoms with Crippen LogP contribution in [0.2, 0.25) is 0 Å². The second kappa shape index (κ2) is 7.71. The molecule has 0 saturated carbocycles. The predicted octanol–water partition coefficient (Wildman–Crippen LogP) is 3.95. The normalized spacial score (nSPS) is 10.0. The van der Waals surface area contributed by atoms with Crippen molar-refractivity contribution >= 4 is 6.16 Å². The first kappa shape index (κ1) is 13.6. The van der Waals surface area contributed by atoms with Gasteiger partial charge in [-0.25, -0.2) is 4.79 Å². The van der Waals surface area contributed by atoms with Gasteiger partial charge in [0.1, 0.15) is 5.75 Å². The minimum Gasteiger partial charge on any atom is -0.434 e. The Labute approximate surface area is 103 Å². The molecule has 0 radical (unpaired) electrons. The van der Waals surface area contributed by atoms with Crippen LogP contribution in [0.25, 0.3) is 0 Å². The summed E-state index contributed by atoms with van der Waals surface area (Å²) < 4.78 is 10.1. The summed E-state index contributed by atoms with van der Waals surface area (Å²) in [7, 11) is 0. The van der Waals surface area contributed by atoms with Gasteiger partial charge in [-0.3, -0.25) is 0 Å². The summed E-state index contributed by atoms with van der Waals surface area (Å²) in [5.41, 5.74) is 1.06. The number of aryl methyl sites for hydroxylation is 1. The SMILES string of the molecule is CCCCc1ccccc1OC(=O)OCCC. The zero-order valence-electron chi connectivity index (χ0n) is 10.6. The molecule has 0 aliphatic rings. The van der Waals surface area contributed by atoms with E-state index in [9.17, 15) is 4.79 Å². The fraction of sp³-hybridized carbons (Fsp3) is 0.500. The first-order valence-corrected chi connectivity index (χ1v) is 6.20. The van der Waals surface area contributed by atoms with E-state index < -0.39 is 6.16 Å². The van der Waals surface area contributed by atoms with Crippen LogP contribution in [0.1, 0.15) is 38.7 Å². The molecular formula is C14H20O3. The van der Waals surface area contributed by atoms with E-state index in [0.717, 1.165) is 31.2 Å². The van der Waals surface area contributed by atoms with Crippen molar-refractivity contribution in [3.05, 3.63) is 29.8 Å². The molecule has 1 aromatic carbocycles. The van der Waals surface area contributed by atoms with Crippen molar-refractivity contribution in [1.82, 2.24) is 0 Å². The van der Waals surface area contributed by atoms with Crippen molar-refractivity contribution in [2.45, 2.75) is 39.5 Å². The lowest BCUT2D eigenvalue weighted by atomic mass is 10.1. The molecule has 1 rings (SSSR count). The lowest BCUT2D eigenvalue weighted by Crippen LogP contribution is -2.12. The van der Waals surface area contributed by atoms with Gasteiger partial charge in [-0.15, -0.1) is 0 Å². The van der Waals surface area contributed by atoms with Crippen LogP contribution in [0.15, 0.2) is 24.3 Å². The van der Waals surface area contributed by atoms with E-state index in [-0.39, 0.29) is 0 Å². The highest BCUT2D eigenvalue weighted by molar-refractivity contribution is 5.64. The van der Waals surface area contributed by atoms with Crippen LogP contribution in [-0.2, 0) is 11.2 Å². The zero-order valence-corrected chi connectivity index (χ0v) is 10.6. The van der Waals surface area contributed by atoms with Gasteiger partial charge < -0.3 is 9.47 Å². The number of ether oxygens (including phenoxy) is 2. The standard InChI is InChI=1S/C14H20O3/c1-3-5-8-12-9-6-7-10-13(12)17-14(15)16-11-4-2/h6-7,9-10H,3-5,8,11H2,1-2H3. The van der Waals surface area contributed by atoms with E-state index in [1.54, 1.807) is 6.07 Å². The van der Waals surface area contributed by atoms with E-state index in [2.05, 4.69) is 6.92 Å². The second-order valence-electron chi connectivity index (χ2n) is 3.91. The molecule has 0 bridgehead atoms. The van der Waals surface area contributed by atoms with Crippen LogP contribution >= 0.6 is 0 Å². The van der Waals surface area contributed by atoms with Gasteiger partial charge in [-0.2, -0.15) is 0 Å². The monoisotopic (exact) mass is 236 g/mol. The van der Waals surface area contributed by atoms with Crippen molar-refractivity contribution in [1.29, 1.82) is 0 Å². The van der Waals surface area contributed by atoms with Crippen LogP contribution in [0, 0.1) is 0 Å². The summed E-state index contributed by atoms with van der Waals surface area (Å²) in [5, 5.41) is 0. The van der Waals surface area contributed by atoms with Gasteiger partial charge >= 0.3 is 6.16 Å². The molecule has 0 atom stereocenters. The number of carbonyl (C=O) groups is 1. The molecule has 3 heteroatoms. The lowest BCUT2D eigenvalue weighted by molar-refractivity contribution is 0.0988. The first-order chi connectivity index (χ1) is 8.27. The Morgan fingerprint density at radius 3 is 2.65 bits per heavy atom. The second-order valence-corrected chi connectivity index (χ2v) is 3.91. The van der Waals surface area contributed by atoms with Crippen LogP contribution < -0.4 is 4.74 Å². The minimum atomic E-state index is -0.615. The summed E-state index contributed by atoms with van der Waals surface area (Å²) in [6.45, 7) is 4.48. The smallest absolute Gasteiger partial charge is 0.434 e. The highest BCUT2D eigenvalue weighted by atomic mass is 16.7. The van der Waals surface area contributed by atoms with E-state index in [4.69, 9.17) is 9.47 Å². The van der Waals surface area contributed by atoms with E-state index in [1.165, 1.54) is 0 Å². The maximum Gasteiger partial charge on any atom is 0.513 e. The third-order valence-electron chi connectivity index (χ3n) is 2.39. The van der Waals surface area contributed by atoms with Crippen LogP contribution in [0.3, 0.4) is 0 Å². The number of unbranched alkanes of at least 4 members (excludes halogenated alkanes) is 1. The Balaban J connectivity index is 2.59. The molecule has 0 N–H and O–H groups in total. The molecule has 0 aliphatic carbocycles. The van der Waals surface area contributed by atoms with E-state index >= 15 is 0 Å².